The van der Waals surface area contributed by atoms with Crippen LogP contribution in [0.4, 0.5) is 0 Å². The second kappa shape index (κ2) is 3.50. The number of aromatic nitrogens is 2. The molecule has 1 aromatic rings. The van der Waals surface area contributed by atoms with Crippen LogP contribution in [-0.2, 0) is 13.5 Å². The minimum atomic E-state index is -0.0954. The van der Waals surface area contributed by atoms with E-state index in [2.05, 4.69) is 5.10 Å². The summed E-state index contributed by atoms with van der Waals surface area (Å²) in [7, 11) is 1.93. The van der Waals surface area contributed by atoms with Crippen LogP contribution in [0.25, 0.3) is 0 Å². The summed E-state index contributed by atoms with van der Waals surface area (Å²) in [6.45, 7) is 0. The Kier molecular flexibility index (Phi) is 2.36. The molecule has 3 heteroatoms. The van der Waals surface area contributed by atoms with Gasteiger partial charge in [-0.25, -0.2) is 0 Å². The Bertz CT molecular complexity index is 282. The van der Waals surface area contributed by atoms with Gasteiger partial charge < -0.3 is 5.11 Å². The van der Waals surface area contributed by atoms with E-state index in [0.717, 1.165) is 25.0 Å². The van der Waals surface area contributed by atoms with Crippen molar-refractivity contribution in [1.29, 1.82) is 0 Å². The van der Waals surface area contributed by atoms with E-state index in [9.17, 15) is 5.11 Å². The molecule has 1 N–H and O–H groups in total. The van der Waals surface area contributed by atoms with E-state index in [1.807, 2.05) is 24.0 Å². The van der Waals surface area contributed by atoms with E-state index in [-0.39, 0.29) is 6.10 Å². The maximum absolute atomic E-state index is 9.62. The van der Waals surface area contributed by atoms with Crippen LogP contribution in [-0.4, -0.2) is 21.0 Å². The molecule has 1 saturated carbocycles. The highest BCUT2D eigenvalue weighted by Crippen LogP contribution is 2.27. The smallest absolute Gasteiger partial charge is 0.0628 e. The second-order valence-electron chi connectivity index (χ2n) is 3.94. The maximum atomic E-state index is 9.62. The first-order valence-corrected chi connectivity index (χ1v) is 4.92. The standard InChI is InChI=1S/C10H16N2O/c1-12-6-5-9(11-12)7-8-3-2-4-10(8)13/h5-6,8,10,13H,2-4,7H2,1H3. The fourth-order valence-corrected chi connectivity index (χ4v) is 2.10. The van der Waals surface area contributed by atoms with Crippen molar-refractivity contribution in [2.24, 2.45) is 13.0 Å². The zero-order chi connectivity index (χ0) is 9.26. The Labute approximate surface area is 78.4 Å². The molecule has 0 aliphatic heterocycles. The summed E-state index contributed by atoms with van der Waals surface area (Å²) in [5.74, 6) is 0.440. The minimum Gasteiger partial charge on any atom is -0.393 e. The third kappa shape index (κ3) is 1.91. The van der Waals surface area contributed by atoms with Gasteiger partial charge in [0.1, 0.15) is 0 Å². The molecule has 1 heterocycles. The van der Waals surface area contributed by atoms with Gasteiger partial charge in [-0.2, -0.15) is 5.10 Å². The number of aryl methyl sites for hydroxylation is 1. The van der Waals surface area contributed by atoms with Crippen molar-refractivity contribution in [2.45, 2.75) is 31.8 Å². The summed E-state index contributed by atoms with van der Waals surface area (Å²) in [5.41, 5.74) is 1.11. The van der Waals surface area contributed by atoms with E-state index in [1.165, 1.54) is 6.42 Å². The summed E-state index contributed by atoms with van der Waals surface area (Å²) >= 11 is 0. The van der Waals surface area contributed by atoms with Crippen LogP contribution in [0.15, 0.2) is 12.3 Å². The van der Waals surface area contributed by atoms with Crippen LogP contribution in [0.2, 0.25) is 0 Å². The molecule has 1 aliphatic rings. The van der Waals surface area contributed by atoms with Gasteiger partial charge in [-0.1, -0.05) is 6.42 Å². The maximum Gasteiger partial charge on any atom is 0.0628 e. The molecule has 3 nitrogen and oxygen atoms in total. The first-order chi connectivity index (χ1) is 6.25. The number of nitrogens with zero attached hydrogens (tertiary/aromatic N) is 2. The molecule has 0 aromatic carbocycles. The van der Waals surface area contributed by atoms with Crippen molar-refractivity contribution < 1.29 is 5.11 Å². The van der Waals surface area contributed by atoms with Gasteiger partial charge in [-0.05, 0) is 31.2 Å². The normalized spacial score (nSPS) is 28.2. The highest BCUT2D eigenvalue weighted by Gasteiger charge is 2.25. The van der Waals surface area contributed by atoms with Crippen molar-refractivity contribution in [2.75, 3.05) is 0 Å². The molecule has 0 radical (unpaired) electrons. The molecule has 0 bridgehead atoms. The van der Waals surface area contributed by atoms with Crippen molar-refractivity contribution >= 4 is 0 Å². The Morgan fingerprint density at radius 3 is 3.00 bits per heavy atom. The van der Waals surface area contributed by atoms with E-state index >= 15 is 0 Å². The first-order valence-electron chi connectivity index (χ1n) is 4.92. The molecular weight excluding hydrogens is 164 g/mol. The third-order valence-corrected chi connectivity index (χ3v) is 2.86. The lowest BCUT2D eigenvalue weighted by molar-refractivity contribution is 0.132. The van der Waals surface area contributed by atoms with Crippen LogP contribution in [0.3, 0.4) is 0 Å². The SMILES string of the molecule is Cn1ccc(CC2CCCC2O)n1. The zero-order valence-electron chi connectivity index (χ0n) is 7.98. The fraction of sp³-hybridized carbons (Fsp3) is 0.700. The van der Waals surface area contributed by atoms with Crippen molar-refractivity contribution in [3.05, 3.63) is 18.0 Å². The van der Waals surface area contributed by atoms with Gasteiger partial charge in [-0.3, -0.25) is 4.68 Å². The molecule has 1 aromatic heterocycles. The second-order valence-corrected chi connectivity index (χ2v) is 3.94. The average molecular weight is 180 g/mol. The molecule has 72 valence electrons. The predicted molar refractivity (Wildman–Crippen MR) is 50.3 cm³/mol. The number of aliphatic hydroxyl groups is 1. The highest BCUT2D eigenvalue weighted by atomic mass is 16.3. The number of aliphatic hydroxyl groups excluding tert-OH is 1. The van der Waals surface area contributed by atoms with E-state index in [0.29, 0.717) is 5.92 Å². The average Bonchev–Trinajstić information content (AvgIpc) is 2.64. The van der Waals surface area contributed by atoms with E-state index in [4.69, 9.17) is 0 Å². The predicted octanol–water partition coefficient (Wildman–Crippen LogP) is 1.12. The third-order valence-electron chi connectivity index (χ3n) is 2.86. The first kappa shape index (κ1) is 8.75. The summed E-state index contributed by atoms with van der Waals surface area (Å²) in [4.78, 5) is 0. The molecule has 2 atom stereocenters. The van der Waals surface area contributed by atoms with Crippen molar-refractivity contribution in [3.8, 4) is 0 Å². The number of hydrogen-bond donors (Lipinski definition) is 1. The van der Waals surface area contributed by atoms with E-state index < -0.39 is 0 Å². The molecule has 1 fully saturated rings. The van der Waals surface area contributed by atoms with Gasteiger partial charge >= 0.3 is 0 Å². The Balaban J connectivity index is 1.97. The summed E-state index contributed by atoms with van der Waals surface area (Å²) < 4.78 is 1.82. The monoisotopic (exact) mass is 180 g/mol. The van der Waals surface area contributed by atoms with Crippen LogP contribution in [0.1, 0.15) is 25.0 Å². The zero-order valence-corrected chi connectivity index (χ0v) is 7.98. The summed E-state index contributed by atoms with van der Waals surface area (Å²) in [6.07, 6.45) is 6.08. The van der Waals surface area contributed by atoms with Crippen LogP contribution in [0.5, 0.6) is 0 Å². The summed E-state index contributed by atoms with van der Waals surface area (Å²) in [6, 6.07) is 2.03. The van der Waals surface area contributed by atoms with Gasteiger partial charge in [0, 0.05) is 13.2 Å². The quantitative estimate of drug-likeness (QED) is 0.740. The number of hydrogen-bond acceptors (Lipinski definition) is 2. The lowest BCUT2D eigenvalue weighted by Crippen LogP contribution is -2.15. The molecule has 2 unspecified atom stereocenters. The molecule has 1 aliphatic carbocycles. The largest absolute Gasteiger partial charge is 0.393 e. The minimum absolute atomic E-state index is 0.0954. The summed E-state index contributed by atoms with van der Waals surface area (Å²) in [5, 5.41) is 13.9. The van der Waals surface area contributed by atoms with Gasteiger partial charge in [0.15, 0.2) is 0 Å². The molecule has 0 saturated heterocycles. The lowest BCUT2D eigenvalue weighted by atomic mass is 10.00. The van der Waals surface area contributed by atoms with Crippen LogP contribution in [0, 0.1) is 5.92 Å². The Morgan fingerprint density at radius 2 is 2.46 bits per heavy atom. The molecule has 0 spiro atoms. The van der Waals surface area contributed by atoms with Gasteiger partial charge in [0.05, 0.1) is 11.8 Å². The van der Waals surface area contributed by atoms with E-state index in [1.54, 1.807) is 0 Å². The van der Waals surface area contributed by atoms with Gasteiger partial charge in [0.25, 0.3) is 0 Å². The Hall–Kier alpha value is -0.830. The molecule has 13 heavy (non-hydrogen) atoms. The lowest BCUT2D eigenvalue weighted by Gasteiger charge is -2.11. The molecule has 2 rings (SSSR count). The highest BCUT2D eigenvalue weighted by molar-refractivity contribution is 5.01. The topological polar surface area (TPSA) is 38.0 Å². The number of rotatable bonds is 2. The van der Waals surface area contributed by atoms with Crippen LogP contribution >= 0.6 is 0 Å². The van der Waals surface area contributed by atoms with Gasteiger partial charge in [0.2, 0.25) is 0 Å². The van der Waals surface area contributed by atoms with Crippen molar-refractivity contribution in [3.63, 3.8) is 0 Å². The fourth-order valence-electron chi connectivity index (χ4n) is 2.10. The van der Waals surface area contributed by atoms with Crippen molar-refractivity contribution in [1.82, 2.24) is 9.78 Å². The molecule has 0 amide bonds. The van der Waals surface area contributed by atoms with Crippen LogP contribution < -0.4 is 0 Å². The van der Waals surface area contributed by atoms with Gasteiger partial charge in [-0.15, -0.1) is 0 Å². The Morgan fingerprint density at radius 1 is 1.62 bits per heavy atom. The molecular formula is C10H16N2O.